The van der Waals surface area contributed by atoms with Crippen molar-refractivity contribution >= 4 is 27.7 Å². The van der Waals surface area contributed by atoms with Gasteiger partial charge in [0.25, 0.3) is 0 Å². The summed E-state index contributed by atoms with van der Waals surface area (Å²) < 4.78 is 0. The number of carbonyl (C=O) groups excluding carboxylic acids is 1. The highest BCUT2D eigenvalue weighted by molar-refractivity contribution is 9.10. The number of halogens is 1. The van der Waals surface area contributed by atoms with Crippen molar-refractivity contribution in [3.8, 4) is 0 Å². The molecule has 0 unspecified atom stereocenters. The molecule has 3 nitrogen and oxygen atoms in total. The summed E-state index contributed by atoms with van der Waals surface area (Å²) in [6.07, 6.45) is 1.34. The quantitative estimate of drug-likeness (QED) is 0.578. The Labute approximate surface area is 91.0 Å². The Morgan fingerprint density at radius 3 is 2.43 bits per heavy atom. The zero-order valence-electron chi connectivity index (χ0n) is 8.21. The first kappa shape index (κ1) is 10.1. The van der Waals surface area contributed by atoms with Crippen LogP contribution < -0.4 is 0 Å². The monoisotopic (exact) mass is 260 g/mol. The lowest BCUT2D eigenvalue weighted by molar-refractivity contribution is -0.158. The van der Waals surface area contributed by atoms with E-state index in [0.717, 1.165) is 6.42 Å². The van der Waals surface area contributed by atoms with Gasteiger partial charge < -0.3 is 5.11 Å². The predicted molar refractivity (Wildman–Crippen MR) is 54.3 cm³/mol. The summed E-state index contributed by atoms with van der Waals surface area (Å²) in [6, 6.07) is 0. The average molecular weight is 261 g/mol. The summed E-state index contributed by atoms with van der Waals surface area (Å²) in [5.74, 6) is -0.908. The van der Waals surface area contributed by atoms with E-state index in [0.29, 0.717) is 6.42 Å². The van der Waals surface area contributed by atoms with Gasteiger partial charge in [-0.2, -0.15) is 0 Å². The minimum absolute atomic E-state index is 0.133. The zero-order chi connectivity index (χ0) is 10.7. The van der Waals surface area contributed by atoms with Crippen LogP contribution in [0.25, 0.3) is 0 Å². The number of ketones is 1. The van der Waals surface area contributed by atoms with Gasteiger partial charge in [0.15, 0.2) is 5.78 Å². The molecule has 0 spiro atoms. The fourth-order valence-corrected chi connectivity index (χ4v) is 4.55. The van der Waals surface area contributed by atoms with E-state index in [9.17, 15) is 14.7 Å². The van der Waals surface area contributed by atoms with E-state index in [2.05, 4.69) is 15.9 Å². The molecule has 14 heavy (non-hydrogen) atoms. The second-order valence-corrected chi connectivity index (χ2v) is 5.83. The number of carboxylic acids is 1. The molecule has 0 aromatic carbocycles. The summed E-state index contributed by atoms with van der Waals surface area (Å²) >= 11 is 3.33. The number of carbonyl (C=O) groups is 2. The van der Waals surface area contributed by atoms with Crippen molar-refractivity contribution in [2.75, 3.05) is 0 Å². The maximum Gasteiger partial charge on any atom is 0.317 e. The molecule has 0 heterocycles. The Hall–Kier alpha value is -0.380. The Morgan fingerprint density at radius 2 is 2.14 bits per heavy atom. The molecule has 3 atom stereocenters. The van der Waals surface area contributed by atoms with E-state index < -0.39 is 16.8 Å². The molecule has 0 aliphatic heterocycles. The van der Waals surface area contributed by atoms with Crippen molar-refractivity contribution in [2.24, 2.45) is 16.7 Å². The number of rotatable bonds is 1. The molecule has 2 aliphatic carbocycles. The van der Waals surface area contributed by atoms with E-state index in [1.165, 1.54) is 0 Å². The van der Waals surface area contributed by atoms with E-state index in [4.69, 9.17) is 0 Å². The molecule has 0 aromatic heterocycles. The first-order valence-corrected chi connectivity index (χ1v) is 5.69. The average Bonchev–Trinajstić information content (AvgIpc) is 2.41. The number of hydrogen-bond donors (Lipinski definition) is 1. The van der Waals surface area contributed by atoms with Gasteiger partial charge in [0, 0.05) is 0 Å². The van der Waals surface area contributed by atoms with Crippen LogP contribution in [0.3, 0.4) is 0 Å². The minimum Gasteiger partial charge on any atom is -0.480 e. The SMILES string of the molecule is CC1(C)[C@H]2CC[C@@]1(C(=O)O)C(=O)[C@H]2Br. The van der Waals surface area contributed by atoms with Crippen LogP contribution in [-0.4, -0.2) is 21.7 Å². The fraction of sp³-hybridized carbons (Fsp3) is 0.800. The van der Waals surface area contributed by atoms with Crippen molar-refractivity contribution in [1.82, 2.24) is 0 Å². The van der Waals surface area contributed by atoms with E-state index in [1.807, 2.05) is 13.8 Å². The highest BCUT2D eigenvalue weighted by Gasteiger charge is 2.72. The molecule has 0 aromatic rings. The number of alkyl halides is 1. The molecule has 2 rings (SSSR count). The van der Waals surface area contributed by atoms with Gasteiger partial charge in [0.1, 0.15) is 5.41 Å². The van der Waals surface area contributed by atoms with Crippen LogP contribution >= 0.6 is 15.9 Å². The maximum atomic E-state index is 11.9. The largest absolute Gasteiger partial charge is 0.480 e. The third-order valence-corrected chi connectivity index (χ3v) is 5.30. The van der Waals surface area contributed by atoms with Crippen LogP contribution in [0.2, 0.25) is 0 Å². The van der Waals surface area contributed by atoms with Gasteiger partial charge in [-0.05, 0) is 24.2 Å². The number of Topliss-reactive ketones (excluding diaryl/α,β-unsaturated/α-hetero) is 1. The van der Waals surface area contributed by atoms with Crippen LogP contribution in [-0.2, 0) is 9.59 Å². The first-order chi connectivity index (χ1) is 6.35. The number of hydrogen-bond acceptors (Lipinski definition) is 2. The van der Waals surface area contributed by atoms with Gasteiger partial charge in [-0.15, -0.1) is 0 Å². The molecule has 2 aliphatic rings. The molecule has 0 radical (unpaired) electrons. The standard InChI is InChI=1S/C10H13BrO3/c1-9(2)5-3-4-10(9,8(13)14)7(12)6(5)11/h5-6H,3-4H2,1-2H3,(H,13,14)/t5-,6-,10-/m0/s1. The Bertz CT molecular complexity index is 323. The van der Waals surface area contributed by atoms with Gasteiger partial charge in [0.05, 0.1) is 4.83 Å². The van der Waals surface area contributed by atoms with Crippen LogP contribution in [0.4, 0.5) is 0 Å². The van der Waals surface area contributed by atoms with Crippen molar-refractivity contribution in [2.45, 2.75) is 31.5 Å². The number of fused-ring (bicyclic) bond motifs is 2. The van der Waals surface area contributed by atoms with E-state index >= 15 is 0 Å². The normalized spacial score (nSPS) is 44.4. The molecule has 0 amide bonds. The van der Waals surface area contributed by atoms with Crippen molar-refractivity contribution in [3.05, 3.63) is 0 Å². The van der Waals surface area contributed by atoms with Gasteiger partial charge in [-0.3, -0.25) is 9.59 Å². The molecule has 0 saturated heterocycles. The summed E-state index contributed by atoms with van der Waals surface area (Å²) in [5.41, 5.74) is -1.55. The topological polar surface area (TPSA) is 54.4 Å². The van der Waals surface area contributed by atoms with E-state index in [1.54, 1.807) is 0 Å². The van der Waals surface area contributed by atoms with Crippen LogP contribution in [0.5, 0.6) is 0 Å². The third-order valence-electron chi connectivity index (χ3n) is 4.25. The molecule has 2 fully saturated rings. The van der Waals surface area contributed by atoms with Crippen molar-refractivity contribution in [3.63, 3.8) is 0 Å². The third kappa shape index (κ3) is 0.794. The Kier molecular flexibility index (Phi) is 1.88. The van der Waals surface area contributed by atoms with Gasteiger partial charge in [0.2, 0.25) is 0 Å². The molecule has 4 heteroatoms. The molecule has 1 N–H and O–H groups in total. The summed E-state index contributed by atoms with van der Waals surface area (Å²) in [4.78, 5) is 23.0. The molecule has 2 saturated carbocycles. The summed E-state index contributed by atoms with van der Waals surface area (Å²) in [6.45, 7) is 3.80. The zero-order valence-corrected chi connectivity index (χ0v) is 9.80. The van der Waals surface area contributed by atoms with Crippen molar-refractivity contribution in [1.29, 1.82) is 0 Å². The van der Waals surface area contributed by atoms with Crippen molar-refractivity contribution < 1.29 is 14.7 Å². The number of carboxylic acid groups (broad SMARTS) is 1. The second kappa shape index (κ2) is 2.60. The van der Waals surface area contributed by atoms with Gasteiger partial charge >= 0.3 is 5.97 Å². The van der Waals surface area contributed by atoms with Crippen LogP contribution in [0.15, 0.2) is 0 Å². The molecule has 2 bridgehead atoms. The maximum absolute atomic E-state index is 11.9. The lowest BCUT2D eigenvalue weighted by atomic mass is 9.69. The smallest absolute Gasteiger partial charge is 0.317 e. The molecule has 78 valence electrons. The summed E-state index contributed by atoms with van der Waals surface area (Å²) in [7, 11) is 0. The van der Waals surface area contributed by atoms with Crippen LogP contribution in [0, 0.1) is 16.7 Å². The number of aliphatic carboxylic acids is 1. The minimum atomic E-state index is -1.13. The lowest BCUT2D eigenvalue weighted by Crippen LogP contribution is -2.44. The first-order valence-electron chi connectivity index (χ1n) is 4.77. The second-order valence-electron chi connectivity index (χ2n) is 4.84. The Balaban J connectivity index is 2.59. The highest BCUT2D eigenvalue weighted by Crippen LogP contribution is 2.65. The fourth-order valence-electron chi connectivity index (χ4n) is 3.23. The molecular weight excluding hydrogens is 248 g/mol. The molecular formula is C10H13BrO3. The van der Waals surface area contributed by atoms with Crippen LogP contribution in [0.1, 0.15) is 26.7 Å². The van der Waals surface area contributed by atoms with E-state index in [-0.39, 0.29) is 16.5 Å². The predicted octanol–water partition coefficient (Wildman–Crippen LogP) is 1.84. The Morgan fingerprint density at radius 1 is 1.57 bits per heavy atom. The van der Waals surface area contributed by atoms with Gasteiger partial charge in [-0.1, -0.05) is 29.8 Å². The highest BCUT2D eigenvalue weighted by atomic mass is 79.9. The lowest BCUT2D eigenvalue weighted by Gasteiger charge is -2.31. The van der Waals surface area contributed by atoms with Gasteiger partial charge in [-0.25, -0.2) is 0 Å². The summed E-state index contributed by atoms with van der Waals surface area (Å²) in [5, 5.41) is 9.27.